The van der Waals surface area contributed by atoms with E-state index < -0.39 is 0 Å². The topological polar surface area (TPSA) is 24.1 Å². The zero-order chi connectivity index (χ0) is 19.9. The van der Waals surface area contributed by atoms with Gasteiger partial charge in [-0.3, -0.25) is 0 Å². The van der Waals surface area contributed by atoms with Gasteiger partial charge < -0.3 is 10.6 Å². The minimum absolute atomic E-state index is 0.329. The molecule has 0 radical (unpaired) electrons. The predicted octanol–water partition coefficient (Wildman–Crippen LogP) is 7.41. The van der Waals surface area contributed by atoms with Gasteiger partial charge >= 0.3 is 0 Å². The largest absolute Gasteiger partial charge is 0.378 e. The molecule has 3 atom stereocenters. The van der Waals surface area contributed by atoms with Crippen molar-refractivity contribution >= 4 is 27.8 Å². The molecule has 0 spiro atoms. The summed E-state index contributed by atoms with van der Waals surface area (Å²) < 4.78 is 0. The summed E-state index contributed by atoms with van der Waals surface area (Å²) in [5.74, 6) is 1.00. The molecule has 30 heavy (non-hydrogen) atoms. The lowest BCUT2D eigenvalue weighted by Crippen LogP contribution is -2.29. The molecule has 2 nitrogen and oxygen atoms in total. The number of anilines is 3. The third-order valence-electron chi connectivity index (χ3n) is 6.56. The lowest BCUT2D eigenvalue weighted by molar-refractivity contribution is 0.426. The van der Waals surface area contributed by atoms with E-state index in [1.165, 1.54) is 27.6 Å². The summed E-state index contributed by atoms with van der Waals surface area (Å²) in [6.45, 7) is 0. The van der Waals surface area contributed by atoms with Crippen LogP contribution in [-0.4, -0.2) is 0 Å². The summed E-state index contributed by atoms with van der Waals surface area (Å²) in [6, 6.07) is 33.0. The van der Waals surface area contributed by atoms with E-state index in [1.54, 1.807) is 0 Å². The molecule has 4 aromatic rings. The molecule has 1 aliphatic heterocycles. The fourth-order valence-corrected chi connectivity index (χ4v) is 5.09. The monoisotopic (exact) mass is 388 g/mol. The molecule has 0 bridgehead atoms. The van der Waals surface area contributed by atoms with Gasteiger partial charge in [-0.05, 0) is 70.6 Å². The van der Waals surface area contributed by atoms with Crippen molar-refractivity contribution in [2.45, 2.75) is 18.4 Å². The van der Waals surface area contributed by atoms with Crippen molar-refractivity contribution in [3.8, 4) is 0 Å². The Balaban J connectivity index is 1.36. The highest BCUT2D eigenvalue weighted by Gasteiger charge is 2.38. The van der Waals surface area contributed by atoms with Gasteiger partial charge in [0.25, 0.3) is 0 Å². The molecule has 4 aromatic carbocycles. The van der Waals surface area contributed by atoms with Crippen LogP contribution in [0.3, 0.4) is 0 Å². The SMILES string of the molecule is C1=CC2c3cc(Nc4ccccc4)ccc3NC(c3ccc4ccccc4c3)C2C1. The zero-order valence-electron chi connectivity index (χ0n) is 16.8. The van der Waals surface area contributed by atoms with Crippen molar-refractivity contribution in [3.63, 3.8) is 0 Å². The van der Waals surface area contributed by atoms with Crippen LogP contribution in [0.15, 0.2) is 103 Å². The van der Waals surface area contributed by atoms with E-state index in [4.69, 9.17) is 0 Å². The molecule has 2 aliphatic rings. The fraction of sp³-hybridized carbons (Fsp3) is 0.143. The Hall–Kier alpha value is -3.52. The molecule has 146 valence electrons. The van der Waals surface area contributed by atoms with Crippen LogP contribution in [0.4, 0.5) is 17.1 Å². The standard InChI is InChI=1S/C28H24N2/c1-2-9-22(10-3-1)29-23-15-16-27-26(18-23)24-11-6-12-25(24)28(30-27)21-14-13-19-7-4-5-8-20(19)17-21/h1-11,13-18,24-25,28-30H,12H2. The maximum atomic E-state index is 3.87. The first-order valence-electron chi connectivity index (χ1n) is 10.7. The Morgan fingerprint density at radius 2 is 1.57 bits per heavy atom. The maximum absolute atomic E-state index is 3.87. The normalized spacial score (nSPS) is 21.7. The minimum atomic E-state index is 0.329. The van der Waals surface area contributed by atoms with E-state index in [9.17, 15) is 0 Å². The van der Waals surface area contributed by atoms with Gasteiger partial charge in [-0.15, -0.1) is 0 Å². The van der Waals surface area contributed by atoms with Gasteiger partial charge in [0.15, 0.2) is 0 Å². The molecular weight excluding hydrogens is 364 g/mol. The van der Waals surface area contributed by atoms with Crippen LogP contribution >= 0.6 is 0 Å². The van der Waals surface area contributed by atoms with Gasteiger partial charge in [-0.1, -0.05) is 66.7 Å². The maximum Gasteiger partial charge on any atom is 0.0554 e. The van der Waals surface area contributed by atoms with Gasteiger partial charge in [0.05, 0.1) is 6.04 Å². The van der Waals surface area contributed by atoms with Crippen molar-refractivity contribution in [1.29, 1.82) is 0 Å². The average molecular weight is 389 g/mol. The van der Waals surface area contributed by atoms with Crippen molar-refractivity contribution in [2.24, 2.45) is 5.92 Å². The molecule has 2 heteroatoms. The van der Waals surface area contributed by atoms with Gasteiger partial charge in [-0.2, -0.15) is 0 Å². The zero-order valence-corrected chi connectivity index (χ0v) is 16.8. The molecule has 3 unspecified atom stereocenters. The lowest BCUT2D eigenvalue weighted by Gasteiger charge is -2.38. The Morgan fingerprint density at radius 1 is 0.733 bits per heavy atom. The first-order valence-corrected chi connectivity index (χ1v) is 10.7. The Labute approximate surface area is 177 Å². The highest BCUT2D eigenvalue weighted by atomic mass is 15.0. The van der Waals surface area contributed by atoms with E-state index in [0.717, 1.165) is 17.8 Å². The quantitative estimate of drug-likeness (QED) is 0.357. The second-order valence-electron chi connectivity index (χ2n) is 8.38. The van der Waals surface area contributed by atoms with Crippen LogP contribution in [-0.2, 0) is 0 Å². The van der Waals surface area contributed by atoms with Gasteiger partial charge in [0, 0.05) is 23.0 Å². The minimum Gasteiger partial charge on any atom is -0.378 e. The molecule has 2 N–H and O–H groups in total. The Bertz CT molecular complexity index is 1240. The predicted molar refractivity (Wildman–Crippen MR) is 126 cm³/mol. The van der Waals surface area contributed by atoms with Crippen molar-refractivity contribution in [1.82, 2.24) is 0 Å². The number of fused-ring (bicyclic) bond motifs is 4. The van der Waals surface area contributed by atoms with E-state index >= 15 is 0 Å². The summed E-state index contributed by atoms with van der Waals surface area (Å²) in [6.07, 6.45) is 5.88. The number of hydrogen-bond acceptors (Lipinski definition) is 2. The Kier molecular flexibility index (Phi) is 4.09. The highest BCUT2D eigenvalue weighted by molar-refractivity contribution is 5.83. The second kappa shape index (κ2) is 7.07. The Morgan fingerprint density at radius 3 is 2.47 bits per heavy atom. The first kappa shape index (κ1) is 17.3. The van der Waals surface area contributed by atoms with Gasteiger partial charge in [0.1, 0.15) is 0 Å². The number of hydrogen-bond donors (Lipinski definition) is 2. The number of nitrogens with one attached hydrogen (secondary N) is 2. The molecular formula is C28H24N2. The summed E-state index contributed by atoms with van der Waals surface area (Å²) >= 11 is 0. The summed E-state index contributed by atoms with van der Waals surface area (Å²) in [7, 11) is 0. The number of benzene rings is 4. The van der Waals surface area contributed by atoms with E-state index in [0.29, 0.717) is 17.9 Å². The third-order valence-corrected chi connectivity index (χ3v) is 6.56. The molecule has 6 rings (SSSR count). The van der Waals surface area contributed by atoms with Crippen LogP contribution in [0.25, 0.3) is 10.8 Å². The number of para-hydroxylation sites is 1. The summed E-state index contributed by atoms with van der Waals surface area (Å²) in [5.41, 5.74) is 6.29. The van der Waals surface area contributed by atoms with E-state index in [2.05, 4.69) is 108 Å². The van der Waals surface area contributed by atoms with Crippen LogP contribution in [0.1, 0.15) is 29.5 Å². The highest BCUT2D eigenvalue weighted by Crippen LogP contribution is 2.50. The second-order valence-corrected chi connectivity index (χ2v) is 8.38. The summed E-state index contributed by atoms with van der Waals surface area (Å²) in [5, 5.41) is 10.0. The molecule has 1 heterocycles. The smallest absolute Gasteiger partial charge is 0.0554 e. The van der Waals surface area contributed by atoms with Crippen LogP contribution in [0.2, 0.25) is 0 Å². The van der Waals surface area contributed by atoms with Crippen molar-refractivity contribution in [2.75, 3.05) is 10.6 Å². The van der Waals surface area contributed by atoms with Gasteiger partial charge in [0.2, 0.25) is 0 Å². The molecule has 0 saturated carbocycles. The van der Waals surface area contributed by atoms with Crippen LogP contribution in [0, 0.1) is 5.92 Å². The van der Waals surface area contributed by atoms with Crippen LogP contribution < -0.4 is 10.6 Å². The lowest BCUT2D eigenvalue weighted by atomic mass is 9.76. The fourth-order valence-electron chi connectivity index (χ4n) is 5.09. The molecule has 0 amide bonds. The number of allylic oxidation sites excluding steroid dienone is 2. The summed E-state index contributed by atoms with van der Waals surface area (Å²) in [4.78, 5) is 0. The third kappa shape index (κ3) is 2.96. The van der Waals surface area contributed by atoms with E-state index in [-0.39, 0.29) is 0 Å². The molecule has 0 aromatic heterocycles. The molecule has 1 aliphatic carbocycles. The number of rotatable bonds is 3. The first-order chi connectivity index (χ1) is 14.8. The van der Waals surface area contributed by atoms with E-state index in [1.807, 2.05) is 6.07 Å². The van der Waals surface area contributed by atoms with Crippen LogP contribution in [0.5, 0.6) is 0 Å². The average Bonchev–Trinajstić information content (AvgIpc) is 3.29. The van der Waals surface area contributed by atoms with Crippen molar-refractivity contribution < 1.29 is 0 Å². The van der Waals surface area contributed by atoms with Gasteiger partial charge in [-0.25, -0.2) is 0 Å². The molecule has 0 fully saturated rings. The molecule has 0 saturated heterocycles. The van der Waals surface area contributed by atoms with Crippen molar-refractivity contribution in [3.05, 3.63) is 114 Å².